The molecule has 2 saturated heterocycles. The Hall–Kier alpha value is -2.92. The number of likely N-dealkylation sites (tertiary alicyclic amines) is 1. The normalized spacial score (nSPS) is 22.8. The lowest BCUT2D eigenvalue weighted by Crippen LogP contribution is -2.47. The molecule has 0 aromatic carbocycles. The minimum Gasteiger partial charge on any atom is -0.377 e. The van der Waals surface area contributed by atoms with Gasteiger partial charge in [-0.3, -0.25) is 14.5 Å². The Morgan fingerprint density at radius 1 is 1.32 bits per heavy atom. The summed E-state index contributed by atoms with van der Waals surface area (Å²) in [4.78, 5) is 14.7. The maximum absolute atomic E-state index is 13.4. The van der Waals surface area contributed by atoms with Crippen LogP contribution in [0.2, 0.25) is 0 Å². The van der Waals surface area contributed by atoms with Gasteiger partial charge in [-0.15, -0.1) is 0 Å². The third-order valence-electron chi connectivity index (χ3n) is 6.50. The number of carbonyl (C=O) groups excluding carboxylic acids is 1. The number of alkyl halides is 3. The van der Waals surface area contributed by atoms with Crippen LogP contribution < -0.4 is 16.1 Å². The minimum atomic E-state index is -4.46. The van der Waals surface area contributed by atoms with Crippen molar-refractivity contribution < 1.29 is 22.7 Å². The molecule has 198 valence electrons. The molecule has 0 radical (unpaired) electrons. The van der Waals surface area contributed by atoms with E-state index >= 15 is 0 Å². The molecule has 1 unspecified atom stereocenters. The first-order chi connectivity index (χ1) is 17.8. The molecule has 1 atom stereocenters. The molecule has 5 rings (SSSR count). The summed E-state index contributed by atoms with van der Waals surface area (Å²) in [5, 5.41) is 12.0. The van der Waals surface area contributed by atoms with Gasteiger partial charge in [-0.05, 0) is 56.9 Å². The summed E-state index contributed by atoms with van der Waals surface area (Å²) in [5.74, 6) is 6.01. The molecule has 4 aliphatic heterocycles. The Labute approximate surface area is 217 Å². The van der Waals surface area contributed by atoms with Crippen molar-refractivity contribution in [1.29, 1.82) is 0 Å². The van der Waals surface area contributed by atoms with Crippen molar-refractivity contribution in [2.24, 2.45) is 0 Å². The first kappa shape index (κ1) is 25.7. The van der Waals surface area contributed by atoms with Gasteiger partial charge in [0.15, 0.2) is 0 Å². The van der Waals surface area contributed by atoms with Crippen LogP contribution in [0.4, 0.5) is 13.2 Å². The molecule has 3 N–H and O–H groups in total. The van der Waals surface area contributed by atoms with E-state index in [-0.39, 0.29) is 41.2 Å². The van der Waals surface area contributed by atoms with Crippen LogP contribution >= 0.6 is 11.8 Å². The number of thioether (sulfide) groups is 1. The molecule has 9 nitrogen and oxygen atoms in total. The molecular formula is C24H28F3N7O2S. The lowest BCUT2D eigenvalue weighted by atomic mass is 10.1. The Morgan fingerprint density at radius 2 is 2.11 bits per heavy atom. The fraction of sp³-hybridized carbons (Fsp3) is 0.500. The summed E-state index contributed by atoms with van der Waals surface area (Å²) < 4.78 is 47.1. The lowest BCUT2D eigenvalue weighted by Gasteiger charge is -2.34. The van der Waals surface area contributed by atoms with Gasteiger partial charge in [-0.2, -0.15) is 18.3 Å². The van der Waals surface area contributed by atoms with Gasteiger partial charge in [0.05, 0.1) is 43.3 Å². The number of hydrogen-bond donors (Lipinski definition) is 3. The second kappa shape index (κ2) is 10.8. The van der Waals surface area contributed by atoms with Crippen molar-refractivity contribution in [3.63, 3.8) is 0 Å². The van der Waals surface area contributed by atoms with Crippen molar-refractivity contribution >= 4 is 17.7 Å². The number of hydrogen-bond acceptors (Lipinski definition) is 8. The molecule has 2 fully saturated rings. The highest BCUT2D eigenvalue weighted by atomic mass is 32.2. The molecule has 37 heavy (non-hydrogen) atoms. The second-order valence-electron chi connectivity index (χ2n) is 9.23. The summed E-state index contributed by atoms with van der Waals surface area (Å²) in [6.07, 6.45) is 10.2. The molecule has 5 heterocycles. The minimum absolute atomic E-state index is 0.0135. The zero-order valence-electron chi connectivity index (χ0n) is 20.2. The highest BCUT2D eigenvalue weighted by molar-refractivity contribution is 8.04. The molecule has 0 spiro atoms. The van der Waals surface area contributed by atoms with Crippen molar-refractivity contribution in [2.75, 3.05) is 39.9 Å². The van der Waals surface area contributed by atoms with Gasteiger partial charge in [0, 0.05) is 17.1 Å². The van der Waals surface area contributed by atoms with Gasteiger partial charge in [-0.1, -0.05) is 17.9 Å². The molecule has 0 saturated carbocycles. The maximum Gasteiger partial charge on any atom is 0.446 e. The zero-order chi connectivity index (χ0) is 26.0. The van der Waals surface area contributed by atoms with E-state index in [2.05, 4.69) is 44.9 Å². The van der Waals surface area contributed by atoms with Gasteiger partial charge in [-0.25, -0.2) is 5.43 Å². The average molecular weight is 536 g/mol. The molecule has 13 heteroatoms. The lowest BCUT2D eigenvalue weighted by molar-refractivity contribution is -0.0322. The van der Waals surface area contributed by atoms with E-state index in [1.54, 1.807) is 28.0 Å². The van der Waals surface area contributed by atoms with Gasteiger partial charge in [0.25, 0.3) is 5.91 Å². The van der Waals surface area contributed by atoms with Crippen LogP contribution in [0.5, 0.6) is 0 Å². The van der Waals surface area contributed by atoms with Crippen LogP contribution in [-0.4, -0.2) is 83.1 Å². The van der Waals surface area contributed by atoms with Gasteiger partial charge >= 0.3 is 5.51 Å². The summed E-state index contributed by atoms with van der Waals surface area (Å²) >= 11 is -0.168. The van der Waals surface area contributed by atoms with Gasteiger partial charge in [0.2, 0.25) is 0 Å². The number of nitrogens with one attached hydrogen (secondary N) is 3. The van der Waals surface area contributed by atoms with E-state index in [0.717, 1.165) is 25.9 Å². The first-order valence-electron chi connectivity index (χ1n) is 12.0. The first-order valence-corrected chi connectivity index (χ1v) is 12.9. The summed E-state index contributed by atoms with van der Waals surface area (Å²) in [6, 6.07) is -0.504. The van der Waals surface area contributed by atoms with Crippen LogP contribution in [-0.2, 0) is 4.74 Å². The predicted molar refractivity (Wildman–Crippen MR) is 133 cm³/mol. The number of carbonyl (C=O) groups is 1. The second-order valence-corrected chi connectivity index (χ2v) is 10.3. The third-order valence-corrected chi connectivity index (χ3v) is 7.40. The molecule has 0 bridgehead atoms. The molecule has 1 aromatic heterocycles. The van der Waals surface area contributed by atoms with Crippen molar-refractivity contribution in [2.45, 2.75) is 36.5 Å². The highest BCUT2D eigenvalue weighted by Crippen LogP contribution is 2.43. The number of fused-ring (bicyclic) bond motifs is 1. The topological polar surface area (TPSA) is 86.7 Å². The number of piperidine rings is 1. The number of amides is 1. The van der Waals surface area contributed by atoms with Crippen molar-refractivity contribution in [3.05, 3.63) is 52.6 Å². The number of halogens is 3. The number of hydrazine groups is 1. The van der Waals surface area contributed by atoms with Crippen LogP contribution in [0.15, 0.2) is 47.0 Å². The monoisotopic (exact) mass is 535 g/mol. The van der Waals surface area contributed by atoms with E-state index in [1.807, 2.05) is 6.08 Å². The molecule has 1 aromatic rings. The fourth-order valence-electron chi connectivity index (χ4n) is 4.40. The standard InChI is InChI=1S/C24H28F3N7O2S/c1-32-10-7-17(8-11-32)30-21-6-2-5-20-22(37-24(25,26)27)19(31-34(20)21)4-3-9-28-23(35)16-12-29-33(13-16)18-14-36-15-18/h2,5-6,12-13,17-19,30-31H,7-11,14-15H2,1H3,(H,28,35). The van der Waals surface area contributed by atoms with Gasteiger partial charge < -0.3 is 20.3 Å². The van der Waals surface area contributed by atoms with Crippen molar-refractivity contribution in [1.82, 2.24) is 35.7 Å². The Balaban J connectivity index is 1.23. The van der Waals surface area contributed by atoms with E-state index in [9.17, 15) is 18.0 Å². The van der Waals surface area contributed by atoms with Crippen LogP contribution in [0.25, 0.3) is 0 Å². The maximum atomic E-state index is 13.4. The molecule has 1 amide bonds. The van der Waals surface area contributed by atoms with Crippen LogP contribution in [0.1, 0.15) is 29.2 Å². The Kier molecular flexibility index (Phi) is 7.52. The van der Waals surface area contributed by atoms with E-state index in [0.29, 0.717) is 30.3 Å². The number of aromatic nitrogens is 2. The van der Waals surface area contributed by atoms with Crippen LogP contribution in [0, 0.1) is 11.8 Å². The third kappa shape index (κ3) is 6.15. The van der Waals surface area contributed by atoms with Gasteiger partial charge in [0.1, 0.15) is 11.9 Å². The predicted octanol–water partition coefficient (Wildman–Crippen LogP) is 1.94. The smallest absolute Gasteiger partial charge is 0.377 e. The quantitative estimate of drug-likeness (QED) is 0.477. The fourth-order valence-corrected chi connectivity index (χ4v) is 5.14. The zero-order valence-corrected chi connectivity index (χ0v) is 21.0. The highest BCUT2D eigenvalue weighted by Gasteiger charge is 2.40. The average Bonchev–Trinajstić information content (AvgIpc) is 3.42. The molecule has 4 aliphatic rings. The SMILES string of the molecule is CN1CCC(NC2=CC=CC3=C(SC(F)(F)F)C(C#CCNC(=O)c4cnn(C5COC5)c4)NN23)CC1. The number of ether oxygens (including phenoxy) is 1. The summed E-state index contributed by atoms with van der Waals surface area (Å²) in [7, 11) is 2.08. The van der Waals surface area contributed by atoms with E-state index < -0.39 is 11.6 Å². The molecule has 0 aliphatic carbocycles. The van der Waals surface area contributed by atoms with Crippen molar-refractivity contribution in [3.8, 4) is 11.8 Å². The number of allylic oxidation sites excluding steroid dienone is 3. The summed E-state index contributed by atoms with van der Waals surface area (Å²) in [6.45, 7) is 3.03. The van der Waals surface area contributed by atoms with E-state index in [4.69, 9.17) is 4.74 Å². The number of rotatable bonds is 6. The van der Waals surface area contributed by atoms with E-state index in [1.165, 1.54) is 6.20 Å². The van der Waals surface area contributed by atoms with Crippen LogP contribution in [0.3, 0.4) is 0 Å². The molecular weight excluding hydrogens is 507 g/mol. The Bertz CT molecular complexity index is 1170. The summed E-state index contributed by atoms with van der Waals surface area (Å²) in [5.41, 5.74) is -0.563. The Morgan fingerprint density at radius 3 is 2.81 bits per heavy atom. The number of nitrogens with zero attached hydrogens (tertiary/aromatic N) is 4. The largest absolute Gasteiger partial charge is 0.446 e.